The van der Waals surface area contributed by atoms with Gasteiger partial charge >= 0.3 is 0 Å². The lowest BCUT2D eigenvalue weighted by Crippen LogP contribution is -2.10. The zero-order valence-corrected chi connectivity index (χ0v) is 6.50. The molecule has 0 saturated heterocycles. The van der Waals surface area contributed by atoms with Crippen molar-refractivity contribution in [1.29, 1.82) is 0 Å². The highest BCUT2D eigenvalue weighted by molar-refractivity contribution is 6.74. The van der Waals surface area contributed by atoms with Crippen LogP contribution in [0.2, 0.25) is 3.91 Å². The van der Waals surface area contributed by atoms with Gasteiger partial charge in [-0.15, -0.1) is 0 Å². The summed E-state index contributed by atoms with van der Waals surface area (Å²) in [6.07, 6.45) is 0. The minimum absolute atomic E-state index is 0.278. The molecule has 0 fully saturated rings. The summed E-state index contributed by atoms with van der Waals surface area (Å²) < 4.78 is -0.278. The molecule has 0 aliphatic carbocycles. The Balaban J connectivity index is 3.02. The number of rotatable bonds is 0. The van der Waals surface area contributed by atoms with Gasteiger partial charge in [0.15, 0.2) is 0 Å². The maximum atomic E-state index is 3.16. The topological polar surface area (TPSA) is 0 Å². The molecular formula is CSi4. The SMILES string of the molecule is [Si]C([Si])([Si])[Si]. The van der Waals surface area contributed by atoms with Gasteiger partial charge in [-0.25, -0.2) is 0 Å². The van der Waals surface area contributed by atoms with Crippen molar-refractivity contribution in [1.82, 2.24) is 0 Å². The van der Waals surface area contributed by atoms with Gasteiger partial charge in [0.25, 0.3) is 0 Å². The second-order valence-corrected chi connectivity index (χ2v) is 6.75. The fourth-order valence-electron chi connectivity index (χ4n) is 0. The normalized spacial score (nSPS) is 12.0. The molecule has 0 rings (SSSR count). The van der Waals surface area contributed by atoms with Gasteiger partial charge in [-0.2, -0.15) is 0 Å². The zero-order chi connectivity index (χ0) is 4.50. The van der Waals surface area contributed by atoms with E-state index in [0.29, 0.717) is 0 Å². The summed E-state index contributed by atoms with van der Waals surface area (Å²) in [6.45, 7) is 0. The lowest BCUT2D eigenvalue weighted by atomic mass is 11.8. The number of hydrogen-bond acceptors (Lipinski definition) is 0. The molecule has 0 aromatic rings. The van der Waals surface area contributed by atoms with Crippen LogP contribution in [0.25, 0.3) is 0 Å². The fourth-order valence-corrected chi connectivity index (χ4v) is 0. The van der Waals surface area contributed by atoms with Gasteiger partial charge in [0.05, 0.1) is 0 Å². The van der Waals surface area contributed by atoms with Crippen LogP contribution in [-0.4, -0.2) is 41.0 Å². The Morgan fingerprint density at radius 3 is 0.800 bits per heavy atom. The Labute approximate surface area is 45.4 Å². The molecule has 12 radical (unpaired) electrons. The summed E-state index contributed by atoms with van der Waals surface area (Å²) in [7, 11) is 12.6. The van der Waals surface area contributed by atoms with Crippen LogP contribution < -0.4 is 0 Å². The summed E-state index contributed by atoms with van der Waals surface area (Å²) >= 11 is 0. The summed E-state index contributed by atoms with van der Waals surface area (Å²) in [5.41, 5.74) is 0. The van der Waals surface area contributed by atoms with Crippen molar-refractivity contribution in [3.63, 3.8) is 0 Å². The van der Waals surface area contributed by atoms with Crippen molar-refractivity contribution in [3.05, 3.63) is 0 Å². The summed E-state index contributed by atoms with van der Waals surface area (Å²) in [5, 5.41) is 0. The molecule has 0 nitrogen and oxygen atoms in total. The van der Waals surface area contributed by atoms with Gasteiger partial charge in [0, 0.05) is 41.0 Å². The van der Waals surface area contributed by atoms with Crippen molar-refractivity contribution in [2.24, 2.45) is 0 Å². The van der Waals surface area contributed by atoms with E-state index in [1.807, 2.05) is 0 Å². The van der Waals surface area contributed by atoms with Gasteiger partial charge in [-0.1, -0.05) is 3.91 Å². The molecule has 0 saturated carbocycles. The van der Waals surface area contributed by atoms with Crippen LogP contribution in [0.1, 0.15) is 0 Å². The molecule has 0 aliphatic heterocycles. The van der Waals surface area contributed by atoms with Crippen molar-refractivity contribution < 1.29 is 0 Å². The van der Waals surface area contributed by atoms with E-state index in [9.17, 15) is 0 Å². The van der Waals surface area contributed by atoms with E-state index in [1.54, 1.807) is 0 Å². The van der Waals surface area contributed by atoms with Crippen LogP contribution in [0.4, 0.5) is 0 Å². The van der Waals surface area contributed by atoms with E-state index in [-0.39, 0.29) is 3.91 Å². The predicted molar refractivity (Wildman–Crippen MR) is 25.7 cm³/mol. The molecule has 0 heterocycles. The second-order valence-electron chi connectivity index (χ2n) is 0.750. The van der Waals surface area contributed by atoms with Crippen molar-refractivity contribution in [3.8, 4) is 0 Å². The van der Waals surface area contributed by atoms with Gasteiger partial charge in [-0.3, -0.25) is 0 Å². The highest BCUT2D eigenvalue weighted by atomic mass is 28.3. The Hall–Kier alpha value is 0.868. The average Bonchev–Trinajstić information content (AvgIpc) is 0.722. The first-order chi connectivity index (χ1) is 2.00. The highest BCUT2D eigenvalue weighted by Crippen LogP contribution is 1.94. The molecule has 4 heteroatoms. The monoisotopic (exact) mass is 124 g/mol. The van der Waals surface area contributed by atoms with Gasteiger partial charge in [0.1, 0.15) is 0 Å². The number of hydrogen-bond donors (Lipinski definition) is 0. The van der Waals surface area contributed by atoms with Crippen molar-refractivity contribution in [2.45, 2.75) is 3.91 Å². The molecule has 0 aromatic heterocycles. The predicted octanol–water partition coefficient (Wildman–Crippen LogP) is -1.31. The van der Waals surface area contributed by atoms with Crippen LogP contribution in [0.15, 0.2) is 0 Å². The molecule has 0 atom stereocenters. The smallest absolute Gasteiger partial charge is 0.0177 e. The van der Waals surface area contributed by atoms with Gasteiger partial charge in [0.2, 0.25) is 0 Å². The molecule has 0 aliphatic rings. The van der Waals surface area contributed by atoms with Crippen molar-refractivity contribution >= 4 is 41.0 Å². The third-order valence-electron chi connectivity index (χ3n) is 0. The maximum absolute atomic E-state index is 3.16. The van der Waals surface area contributed by atoms with Gasteiger partial charge < -0.3 is 0 Å². The van der Waals surface area contributed by atoms with Crippen LogP contribution in [0, 0.1) is 0 Å². The first-order valence-corrected chi connectivity index (χ1v) is 3.00. The van der Waals surface area contributed by atoms with Crippen LogP contribution in [-0.2, 0) is 0 Å². The second kappa shape index (κ2) is 1.54. The molecule has 0 unspecified atom stereocenters. The van der Waals surface area contributed by atoms with E-state index >= 15 is 0 Å². The summed E-state index contributed by atoms with van der Waals surface area (Å²) in [5.74, 6) is 0. The molecule has 0 spiro atoms. The minimum atomic E-state index is -0.278. The standard InChI is InChI=1S/CSi4/c2-1(3,4)5. The Kier molecular flexibility index (Phi) is 1.81. The van der Waals surface area contributed by atoms with E-state index in [1.165, 1.54) is 0 Å². The van der Waals surface area contributed by atoms with E-state index in [4.69, 9.17) is 0 Å². The zero-order valence-electron chi connectivity index (χ0n) is 2.50. The van der Waals surface area contributed by atoms with Crippen LogP contribution >= 0.6 is 0 Å². The molecule has 20 valence electrons. The first-order valence-electron chi connectivity index (χ1n) is 1.00. The van der Waals surface area contributed by atoms with E-state index in [0.717, 1.165) is 0 Å². The Morgan fingerprint density at radius 1 is 0.800 bits per heavy atom. The molecule has 0 aromatic carbocycles. The average molecular weight is 124 g/mol. The third-order valence-corrected chi connectivity index (χ3v) is 0. The van der Waals surface area contributed by atoms with Crippen LogP contribution in [0.3, 0.4) is 0 Å². The Morgan fingerprint density at radius 2 is 0.800 bits per heavy atom. The third kappa shape index (κ3) is 53.2. The lowest BCUT2D eigenvalue weighted by molar-refractivity contribution is 1.71. The van der Waals surface area contributed by atoms with E-state index < -0.39 is 0 Å². The molecule has 5 heavy (non-hydrogen) atoms. The molecule has 0 N–H and O–H groups in total. The summed E-state index contributed by atoms with van der Waals surface area (Å²) in [4.78, 5) is 0. The first kappa shape index (κ1) is 5.87. The maximum Gasteiger partial charge on any atom is 0.0177 e. The Bertz CT molecular complexity index is 19.1. The van der Waals surface area contributed by atoms with Gasteiger partial charge in [-0.05, 0) is 0 Å². The summed E-state index contributed by atoms with van der Waals surface area (Å²) in [6, 6.07) is 0. The largest absolute Gasteiger partial charge is 0.0708 e. The molecule has 0 amide bonds. The van der Waals surface area contributed by atoms with E-state index in [2.05, 4.69) is 41.0 Å². The molecule has 0 bridgehead atoms. The minimum Gasteiger partial charge on any atom is -0.0708 e. The van der Waals surface area contributed by atoms with Crippen molar-refractivity contribution in [2.75, 3.05) is 0 Å². The quantitative estimate of drug-likeness (QED) is 0.352. The van der Waals surface area contributed by atoms with Crippen LogP contribution in [0.5, 0.6) is 0 Å². The highest BCUT2D eigenvalue weighted by Gasteiger charge is 1.98. The molecular weight excluding hydrogens is 124 g/mol. The lowest BCUT2D eigenvalue weighted by Gasteiger charge is -2.03. The fraction of sp³-hybridized carbons (Fsp3) is 1.00.